The zero-order valence-electron chi connectivity index (χ0n) is 24.7. The van der Waals surface area contributed by atoms with Gasteiger partial charge in [-0.3, -0.25) is 9.69 Å². The molecule has 0 saturated heterocycles. The highest BCUT2D eigenvalue weighted by Gasteiger charge is 2.19. The minimum absolute atomic E-state index is 0.0346. The number of carbonyl (C=O) groups is 2. The average Bonchev–Trinajstić information content (AvgIpc) is 3.39. The second-order valence-corrected chi connectivity index (χ2v) is 10.7. The molecule has 222 valence electrons. The van der Waals surface area contributed by atoms with Gasteiger partial charge in [0.1, 0.15) is 5.52 Å². The van der Waals surface area contributed by atoms with E-state index in [1.165, 1.54) is 0 Å². The van der Waals surface area contributed by atoms with Gasteiger partial charge in [0.05, 0.1) is 6.33 Å². The number of urea groups is 1. The third-order valence-corrected chi connectivity index (χ3v) is 7.18. The Balaban J connectivity index is 1.44. The van der Waals surface area contributed by atoms with Crippen LogP contribution in [0.2, 0.25) is 0 Å². The van der Waals surface area contributed by atoms with Crippen LogP contribution in [0.5, 0.6) is 0 Å². The number of nitrogens with zero attached hydrogens (tertiary/aromatic N) is 5. The molecule has 0 radical (unpaired) electrons. The summed E-state index contributed by atoms with van der Waals surface area (Å²) in [5, 5.41) is 9.19. The van der Waals surface area contributed by atoms with Crippen molar-refractivity contribution >= 4 is 28.9 Å². The summed E-state index contributed by atoms with van der Waals surface area (Å²) < 4.78 is 1.78. The summed E-state index contributed by atoms with van der Waals surface area (Å²) in [6, 6.07) is 21.0. The number of carbonyl (C=O) groups excluding carboxylic acids is 2. The van der Waals surface area contributed by atoms with E-state index in [-0.39, 0.29) is 17.8 Å². The fourth-order valence-electron chi connectivity index (χ4n) is 5.10. The number of rotatable bonds is 14. The molecule has 11 nitrogen and oxygen atoms in total. The van der Waals surface area contributed by atoms with Gasteiger partial charge in [-0.25, -0.2) is 19.7 Å². The number of nitrogens with one attached hydrogen (secondary N) is 3. The molecule has 4 rings (SSSR count). The molecule has 3 amide bonds. The van der Waals surface area contributed by atoms with E-state index in [4.69, 9.17) is 5.73 Å². The molecule has 0 bridgehead atoms. The standard InChI is InChI=1S/C31H41N9O2/c1-21(2)40(22(3)4)18-16-34-31(42)33-15-17-39-20-36-26-28(37-29(27(32)41)38-30(26)39)35-19-25(23-11-7-5-8-12-23)24-13-9-6-10-14-24/h5-14,20-22,25H,15-19H2,1-4H3,(H2,32,41)(H2,33,34,42)(H,35,37,38). The van der Waals surface area contributed by atoms with Crippen molar-refractivity contribution in [1.29, 1.82) is 0 Å². The van der Waals surface area contributed by atoms with Crippen LogP contribution in [-0.2, 0) is 6.54 Å². The summed E-state index contributed by atoms with van der Waals surface area (Å²) in [6.45, 7) is 11.2. The van der Waals surface area contributed by atoms with E-state index in [1.807, 2.05) is 36.4 Å². The van der Waals surface area contributed by atoms with Gasteiger partial charge in [-0.05, 0) is 38.8 Å². The van der Waals surface area contributed by atoms with Crippen LogP contribution in [0.4, 0.5) is 10.6 Å². The molecule has 0 spiro atoms. The SMILES string of the molecule is CC(C)N(CCNC(=O)NCCn1cnc2c(NCC(c3ccccc3)c3ccccc3)nc(C(N)=O)nc21)C(C)C. The second kappa shape index (κ2) is 14.4. The highest BCUT2D eigenvalue weighted by atomic mass is 16.2. The van der Waals surface area contributed by atoms with Crippen LogP contribution in [0.15, 0.2) is 67.0 Å². The van der Waals surface area contributed by atoms with Gasteiger partial charge in [0.2, 0.25) is 5.82 Å². The highest BCUT2D eigenvalue weighted by molar-refractivity contribution is 5.93. The summed E-state index contributed by atoms with van der Waals surface area (Å²) in [5.74, 6) is -0.375. The maximum atomic E-state index is 12.4. The minimum atomic E-state index is -0.732. The molecular weight excluding hydrogens is 530 g/mol. The van der Waals surface area contributed by atoms with Crippen LogP contribution >= 0.6 is 0 Å². The van der Waals surface area contributed by atoms with Gasteiger partial charge in [-0.2, -0.15) is 0 Å². The van der Waals surface area contributed by atoms with E-state index in [2.05, 4.69) is 87.8 Å². The van der Waals surface area contributed by atoms with Crippen molar-refractivity contribution in [3.63, 3.8) is 0 Å². The molecule has 4 aromatic rings. The Bertz CT molecular complexity index is 1410. The molecule has 0 fully saturated rings. The Morgan fingerprint density at radius 2 is 1.48 bits per heavy atom. The minimum Gasteiger partial charge on any atom is -0.367 e. The Kier molecular flexibility index (Phi) is 10.4. The van der Waals surface area contributed by atoms with E-state index in [1.54, 1.807) is 10.9 Å². The molecule has 2 heterocycles. The van der Waals surface area contributed by atoms with Gasteiger partial charge in [0.25, 0.3) is 5.91 Å². The first-order chi connectivity index (χ1) is 20.2. The predicted octanol–water partition coefficient (Wildman–Crippen LogP) is 3.59. The molecule has 2 aromatic heterocycles. The number of imidazole rings is 1. The number of hydrogen-bond donors (Lipinski definition) is 4. The number of benzene rings is 2. The van der Waals surface area contributed by atoms with Gasteiger partial charge in [0.15, 0.2) is 11.5 Å². The van der Waals surface area contributed by atoms with Crippen molar-refractivity contribution in [2.24, 2.45) is 5.73 Å². The number of primary amides is 1. The fourth-order valence-corrected chi connectivity index (χ4v) is 5.10. The van der Waals surface area contributed by atoms with Crippen molar-refractivity contribution in [2.45, 2.75) is 52.2 Å². The van der Waals surface area contributed by atoms with Crippen LogP contribution in [0.1, 0.15) is 55.4 Å². The monoisotopic (exact) mass is 571 g/mol. The van der Waals surface area contributed by atoms with Gasteiger partial charge in [-0.1, -0.05) is 60.7 Å². The van der Waals surface area contributed by atoms with Crippen LogP contribution in [0.25, 0.3) is 11.2 Å². The van der Waals surface area contributed by atoms with E-state index in [0.717, 1.165) is 17.7 Å². The van der Waals surface area contributed by atoms with E-state index in [0.29, 0.717) is 55.2 Å². The van der Waals surface area contributed by atoms with Gasteiger partial charge < -0.3 is 26.3 Å². The highest BCUT2D eigenvalue weighted by Crippen LogP contribution is 2.26. The predicted molar refractivity (Wildman–Crippen MR) is 165 cm³/mol. The van der Waals surface area contributed by atoms with Crippen LogP contribution in [-0.4, -0.2) is 74.6 Å². The first-order valence-corrected chi connectivity index (χ1v) is 14.4. The summed E-state index contributed by atoms with van der Waals surface area (Å²) in [6.07, 6.45) is 1.63. The maximum Gasteiger partial charge on any atom is 0.314 e. The third kappa shape index (κ3) is 7.82. The van der Waals surface area contributed by atoms with E-state index < -0.39 is 5.91 Å². The first-order valence-electron chi connectivity index (χ1n) is 14.4. The van der Waals surface area contributed by atoms with Crippen LogP contribution < -0.4 is 21.7 Å². The first kappa shape index (κ1) is 30.4. The molecule has 0 saturated carbocycles. The molecule has 0 unspecified atom stereocenters. The van der Waals surface area contributed by atoms with Crippen molar-refractivity contribution < 1.29 is 9.59 Å². The molecule has 0 aliphatic carbocycles. The van der Waals surface area contributed by atoms with Gasteiger partial charge >= 0.3 is 6.03 Å². The number of hydrogen-bond acceptors (Lipinski definition) is 7. The topological polar surface area (TPSA) is 143 Å². The van der Waals surface area contributed by atoms with Crippen molar-refractivity contribution in [2.75, 3.05) is 31.5 Å². The van der Waals surface area contributed by atoms with Crippen LogP contribution in [0, 0.1) is 0 Å². The van der Waals surface area contributed by atoms with E-state index in [9.17, 15) is 9.59 Å². The quantitative estimate of drug-likeness (QED) is 0.181. The normalized spacial score (nSPS) is 11.5. The Morgan fingerprint density at radius 3 is 2.05 bits per heavy atom. The lowest BCUT2D eigenvalue weighted by molar-refractivity contribution is 0.0990. The average molecular weight is 572 g/mol. The zero-order chi connectivity index (χ0) is 30.1. The lowest BCUT2D eigenvalue weighted by atomic mass is 9.91. The largest absolute Gasteiger partial charge is 0.367 e. The molecule has 5 N–H and O–H groups in total. The number of amides is 3. The lowest BCUT2D eigenvalue weighted by Crippen LogP contribution is -2.45. The summed E-state index contributed by atoms with van der Waals surface area (Å²) in [7, 11) is 0. The fraction of sp³-hybridized carbons (Fsp3) is 0.387. The van der Waals surface area contributed by atoms with Gasteiger partial charge in [0, 0.05) is 50.7 Å². The van der Waals surface area contributed by atoms with Gasteiger partial charge in [-0.15, -0.1) is 0 Å². The zero-order valence-corrected chi connectivity index (χ0v) is 24.7. The smallest absolute Gasteiger partial charge is 0.314 e. The molecule has 42 heavy (non-hydrogen) atoms. The van der Waals surface area contributed by atoms with Crippen LogP contribution in [0.3, 0.4) is 0 Å². The molecular formula is C31H41N9O2. The number of fused-ring (bicyclic) bond motifs is 1. The lowest BCUT2D eigenvalue weighted by Gasteiger charge is -2.30. The third-order valence-electron chi connectivity index (χ3n) is 7.18. The molecule has 0 aliphatic rings. The Hall–Kier alpha value is -4.51. The Labute approximate surface area is 246 Å². The maximum absolute atomic E-state index is 12.4. The number of anilines is 1. The molecule has 2 aromatic carbocycles. The number of aromatic nitrogens is 4. The Morgan fingerprint density at radius 1 is 0.881 bits per heavy atom. The summed E-state index contributed by atoms with van der Waals surface area (Å²) >= 11 is 0. The summed E-state index contributed by atoms with van der Waals surface area (Å²) in [5.41, 5.74) is 8.86. The molecule has 0 atom stereocenters. The van der Waals surface area contributed by atoms with Crippen molar-refractivity contribution in [3.8, 4) is 0 Å². The van der Waals surface area contributed by atoms with Crippen molar-refractivity contribution in [1.82, 2.24) is 35.1 Å². The van der Waals surface area contributed by atoms with Crippen molar-refractivity contribution in [3.05, 3.63) is 83.9 Å². The number of nitrogens with two attached hydrogens (primary N) is 1. The second-order valence-electron chi connectivity index (χ2n) is 10.7. The summed E-state index contributed by atoms with van der Waals surface area (Å²) in [4.78, 5) is 40.1. The molecule has 0 aliphatic heterocycles. The van der Waals surface area contributed by atoms with E-state index >= 15 is 0 Å². The molecule has 11 heteroatoms.